The largest absolute Gasteiger partial charge is 0.469 e. The highest BCUT2D eigenvalue weighted by molar-refractivity contribution is 7.19. The lowest BCUT2D eigenvalue weighted by Gasteiger charge is -2.01. The van der Waals surface area contributed by atoms with Crippen molar-refractivity contribution in [1.82, 2.24) is 9.97 Å². The van der Waals surface area contributed by atoms with Crippen molar-refractivity contribution >= 4 is 39.1 Å². The van der Waals surface area contributed by atoms with E-state index in [1.54, 1.807) is 6.07 Å². The van der Waals surface area contributed by atoms with Gasteiger partial charge in [-0.25, -0.2) is 9.97 Å². The van der Waals surface area contributed by atoms with Crippen molar-refractivity contribution in [2.75, 3.05) is 7.11 Å². The van der Waals surface area contributed by atoms with Crippen molar-refractivity contribution in [2.24, 2.45) is 0 Å². The van der Waals surface area contributed by atoms with Crippen LogP contribution in [-0.2, 0) is 16.0 Å². The molecule has 0 spiro atoms. The highest BCUT2D eigenvalue weighted by Gasteiger charge is 2.13. The van der Waals surface area contributed by atoms with Crippen LogP contribution in [0.4, 0.5) is 0 Å². The average Bonchev–Trinajstić information content (AvgIpc) is 2.90. The van der Waals surface area contributed by atoms with Crippen LogP contribution in [0.2, 0.25) is 5.02 Å². The fraction of sp³-hybridized carbons (Fsp3) is 0.176. The van der Waals surface area contributed by atoms with E-state index in [4.69, 9.17) is 11.6 Å². The fourth-order valence-corrected chi connectivity index (χ4v) is 3.64. The Labute approximate surface area is 146 Å². The summed E-state index contributed by atoms with van der Waals surface area (Å²) in [5, 5.41) is 0.550. The number of ether oxygens (including phenoxy) is 1. The van der Waals surface area contributed by atoms with E-state index in [-0.39, 0.29) is 12.4 Å². The van der Waals surface area contributed by atoms with Gasteiger partial charge in [0.1, 0.15) is 0 Å². The van der Waals surface area contributed by atoms with Crippen LogP contribution in [0.1, 0.15) is 11.3 Å². The molecule has 0 radical (unpaired) electrons. The molecule has 0 aliphatic carbocycles. The van der Waals surface area contributed by atoms with Gasteiger partial charge in [-0.05, 0) is 18.6 Å². The number of hydrogen-bond donors (Lipinski definition) is 0. The molecule has 0 aliphatic rings. The summed E-state index contributed by atoms with van der Waals surface area (Å²) < 4.78 is 5.43. The zero-order chi connectivity index (χ0) is 17.1. The molecule has 122 valence electrons. The van der Waals surface area contributed by atoms with Crippen molar-refractivity contribution in [3.63, 3.8) is 0 Å². The van der Waals surface area contributed by atoms with E-state index in [9.17, 15) is 9.59 Å². The molecule has 0 atom stereocenters. The molecule has 0 fully saturated rings. The maximum atomic E-state index is 11.8. The molecule has 24 heavy (non-hydrogen) atoms. The molecule has 0 saturated heterocycles. The predicted octanol–water partition coefficient (Wildman–Crippen LogP) is 3.48. The third kappa shape index (κ3) is 3.44. The van der Waals surface area contributed by atoms with Gasteiger partial charge in [0, 0.05) is 10.4 Å². The van der Waals surface area contributed by atoms with Gasteiger partial charge in [0.2, 0.25) is 0 Å². The Hall–Kier alpha value is -2.31. The first kappa shape index (κ1) is 16.5. The number of benzene rings is 1. The Morgan fingerprint density at radius 2 is 2.12 bits per heavy atom. The highest BCUT2D eigenvalue weighted by Crippen LogP contribution is 2.34. The van der Waals surface area contributed by atoms with E-state index in [0.29, 0.717) is 22.7 Å². The van der Waals surface area contributed by atoms with Crippen LogP contribution < -0.4 is 5.56 Å². The van der Waals surface area contributed by atoms with Gasteiger partial charge in [-0.1, -0.05) is 29.8 Å². The Morgan fingerprint density at radius 3 is 2.88 bits per heavy atom. The first-order valence-corrected chi connectivity index (χ1v) is 8.39. The Balaban J connectivity index is 2.14. The average molecular weight is 361 g/mol. The summed E-state index contributed by atoms with van der Waals surface area (Å²) in [5.74, 6) is -0.278. The molecule has 0 amide bonds. The van der Waals surface area contributed by atoms with Gasteiger partial charge in [0.15, 0.2) is 0 Å². The highest BCUT2D eigenvalue weighted by atomic mass is 35.5. The second-order valence-corrected chi connectivity index (χ2v) is 6.58. The maximum absolute atomic E-state index is 11.8. The van der Waals surface area contributed by atoms with Crippen molar-refractivity contribution < 1.29 is 9.53 Å². The minimum atomic E-state index is -0.421. The lowest BCUT2D eigenvalue weighted by Crippen LogP contribution is -2.01. The zero-order valence-electron chi connectivity index (χ0n) is 12.8. The number of aryl methyl sites for hydroxylation is 1. The van der Waals surface area contributed by atoms with E-state index >= 15 is 0 Å². The number of methoxy groups -OCH3 is 1. The second-order valence-electron chi connectivity index (χ2n) is 5.04. The first-order valence-electron chi connectivity index (χ1n) is 7.20. The molecule has 0 saturated carbocycles. The number of hydrogen-bond acceptors (Lipinski definition) is 6. The molecule has 7 heteroatoms. The summed E-state index contributed by atoms with van der Waals surface area (Å²) >= 11 is 7.73. The molecule has 2 heterocycles. The number of fused-ring (bicyclic) bond motifs is 1. The normalized spacial score (nSPS) is 10.8. The lowest BCUT2D eigenvalue weighted by atomic mass is 10.1. The van der Waals surface area contributed by atoms with Gasteiger partial charge >= 0.3 is 5.97 Å². The zero-order valence-corrected chi connectivity index (χ0v) is 14.4. The van der Waals surface area contributed by atoms with Crippen molar-refractivity contribution in [1.29, 1.82) is 0 Å². The molecular formula is C17H13ClN2O3S. The van der Waals surface area contributed by atoms with Crippen molar-refractivity contribution in [3.05, 3.63) is 56.8 Å². The van der Waals surface area contributed by atoms with Crippen molar-refractivity contribution in [2.45, 2.75) is 12.8 Å². The van der Waals surface area contributed by atoms with Crippen LogP contribution in [0.25, 0.3) is 21.5 Å². The Morgan fingerprint density at radius 1 is 1.33 bits per heavy atom. The summed E-state index contributed by atoms with van der Waals surface area (Å²) in [4.78, 5) is 32.4. The second kappa shape index (κ2) is 7.07. The number of esters is 1. The number of carbonyl (C=O) groups is 1. The summed E-state index contributed by atoms with van der Waals surface area (Å²) in [6.07, 6.45) is 1.99. The summed E-state index contributed by atoms with van der Waals surface area (Å²) in [7, 11) is 1.36. The van der Waals surface area contributed by atoms with Gasteiger partial charge in [-0.2, -0.15) is 0 Å². The summed E-state index contributed by atoms with van der Waals surface area (Å²) in [6, 6.07) is 9.13. The molecule has 3 rings (SSSR count). The van der Waals surface area contributed by atoms with Gasteiger partial charge in [-0.3, -0.25) is 9.59 Å². The minimum absolute atomic E-state index is 0.272. The smallest absolute Gasteiger partial charge is 0.305 e. The number of aromatic nitrogens is 2. The van der Waals surface area contributed by atoms with E-state index < -0.39 is 5.56 Å². The number of nitrogens with zero attached hydrogens (tertiary/aromatic N) is 2. The molecule has 1 aromatic carbocycles. The molecule has 0 N–H and O–H groups in total. The molecular weight excluding hydrogens is 348 g/mol. The Kier molecular flexibility index (Phi) is 4.87. The molecule has 0 bridgehead atoms. The maximum Gasteiger partial charge on any atom is 0.305 e. The van der Waals surface area contributed by atoms with Gasteiger partial charge in [0.05, 0.1) is 40.7 Å². The SMILES string of the molecule is COC(=O)CCc1cc2nc(=O)cnc(-c3ccccc3Cl)c2s1. The quantitative estimate of drug-likeness (QED) is 0.666. The molecule has 0 aliphatic heterocycles. The molecule has 0 unspecified atom stereocenters. The number of rotatable bonds is 4. The lowest BCUT2D eigenvalue weighted by molar-refractivity contribution is -0.140. The van der Waals surface area contributed by atoms with Crippen LogP contribution in [-0.4, -0.2) is 23.0 Å². The fourth-order valence-electron chi connectivity index (χ4n) is 2.31. The molecule has 3 aromatic rings. The van der Waals surface area contributed by atoms with E-state index in [2.05, 4.69) is 14.7 Å². The summed E-state index contributed by atoms with van der Waals surface area (Å²) in [6.45, 7) is 0. The van der Waals surface area contributed by atoms with E-state index in [1.807, 2.05) is 24.3 Å². The van der Waals surface area contributed by atoms with Crippen LogP contribution in [0, 0.1) is 0 Å². The third-order valence-corrected chi connectivity index (χ3v) is 4.97. The number of halogens is 1. The topological polar surface area (TPSA) is 69.2 Å². The Bertz CT molecular complexity index is 971. The molecule has 5 nitrogen and oxygen atoms in total. The summed E-state index contributed by atoms with van der Waals surface area (Å²) in [5.41, 5.74) is 1.48. The number of carbonyl (C=O) groups excluding carboxylic acids is 1. The third-order valence-electron chi connectivity index (χ3n) is 3.45. The van der Waals surface area contributed by atoms with Gasteiger partial charge < -0.3 is 4.74 Å². The van der Waals surface area contributed by atoms with Crippen LogP contribution in [0.3, 0.4) is 0 Å². The van der Waals surface area contributed by atoms with Crippen molar-refractivity contribution in [3.8, 4) is 11.3 Å². The van der Waals surface area contributed by atoms with E-state index in [1.165, 1.54) is 24.6 Å². The minimum Gasteiger partial charge on any atom is -0.469 e. The van der Waals surface area contributed by atoms with Gasteiger partial charge in [-0.15, -0.1) is 11.3 Å². The van der Waals surface area contributed by atoms with Gasteiger partial charge in [0.25, 0.3) is 5.56 Å². The van der Waals surface area contributed by atoms with E-state index in [0.717, 1.165) is 15.1 Å². The predicted molar refractivity (Wildman–Crippen MR) is 94.5 cm³/mol. The standard InChI is InChI=1S/C17H13ClN2O3S/c1-23-15(22)7-6-10-8-13-17(24-10)16(19-9-14(21)20-13)11-4-2-3-5-12(11)18/h2-5,8-9H,6-7H2,1H3. The molecule has 2 aromatic heterocycles. The van der Waals surface area contributed by atoms with Crippen LogP contribution >= 0.6 is 22.9 Å². The number of thiophene rings is 1. The first-order chi connectivity index (χ1) is 11.6. The monoisotopic (exact) mass is 360 g/mol. The van der Waals surface area contributed by atoms with Crippen LogP contribution in [0.15, 0.2) is 41.3 Å². The van der Waals surface area contributed by atoms with Crippen LogP contribution in [0.5, 0.6) is 0 Å².